The zero-order chi connectivity index (χ0) is 8.27. The van der Waals surface area contributed by atoms with Crippen LogP contribution in [0.3, 0.4) is 0 Å². The van der Waals surface area contributed by atoms with Crippen LogP contribution in [0.1, 0.15) is 5.69 Å². The first-order valence-corrected chi connectivity index (χ1v) is 2.87. The van der Waals surface area contributed by atoms with Crippen molar-refractivity contribution in [1.82, 2.24) is 4.98 Å². The number of amidine groups is 1. The molecule has 4 N–H and O–H groups in total. The minimum atomic E-state index is -0.0787. The number of nitrogens with zero attached hydrogens (tertiary/aromatic N) is 2. The molecule has 1 heterocycles. The molecule has 0 amide bonds. The maximum atomic E-state index is 8.81. The van der Waals surface area contributed by atoms with Gasteiger partial charge in [-0.05, 0) is 12.1 Å². The zero-order valence-electron chi connectivity index (χ0n) is 5.60. The van der Waals surface area contributed by atoms with Crippen molar-refractivity contribution in [2.24, 2.45) is 10.9 Å². The second-order valence-electron chi connectivity index (χ2n) is 1.89. The van der Waals surface area contributed by atoms with Crippen LogP contribution in [-0.4, -0.2) is 21.1 Å². The molecule has 0 aliphatic rings. The predicted molar refractivity (Wildman–Crippen MR) is 38.4 cm³/mol. The number of oxime groups is 1. The number of aromatic hydroxyl groups is 1. The van der Waals surface area contributed by atoms with E-state index in [1.165, 1.54) is 18.3 Å². The SMILES string of the molecule is NC(=NO)c1ccc(O)cn1. The van der Waals surface area contributed by atoms with Gasteiger partial charge in [-0.1, -0.05) is 5.16 Å². The Bertz CT molecular complexity index is 268. The molecule has 11 heavy (non-hydrogen) atoms. The minimum Gasteiger partial charge on any atom is -0.506 e. The molecule has 0 bridgehead atoms. The number of hydrogen-bond acceptors (Lipinski definition) is 4. The van der Waals surface area contributed by atoms with E-state index in [9.17, 15) is 0 Å². The van der Waals surface area contributed by atoms with Crippen LogP contribution in [0.5, 0.6) is 5.75 Å². The summed E-state index contributed by atoms with van der Waals surface area (Å²) in [4.78, 5) is 3.68. The van der Waals surface area contributed by atoms with Crippen molar-refractivity contribution in [2.45, 2.75) is 0 Å². The number of hydrogen-bond donors (Lipinski definition) is 3. The van der Waals surface area contributed by atoms with Gasteiger partial charge in [0.1, 0.15) is 11.4 Å². The van der Waals surface area contributed by atoms with E-state index >= 15 is 0 Å². The highest BCUT2D eigenvalue weighted by Gasteiger charge is 1.98. The molecule has 0 aromatic carbocycles. The van der Waals surface area contributed by atoms with Gasteiger partial charge in [-0.15, -0.1) is 0 Å². The summed E-state index contributed by atoms with van der Waals surface area (Å²) in [5, 5.41) is 19.8. The van der Waals surface area contributed by atoms with Crippen LogP contribution in [0.4, 0.5) is 0 Å². The fraction of sp³-hybridized carbons (Fsp3) is 0. The number of rotatable bonds is 1. The van der Waals surface area contributed by atoms with Crippen molar-refractivity contribution in [1.29, 1.82) is 0 Å². The highest BCUT2D eigenvalue weighted by atomic mass is 16.4. The van der Waals surface area contributed by atoms with Gasteiger partial charge in [0.05, 0.1) is 6.20 Å². The quantitative estimate of drug-likeness (QED) is 0.227. The summed E-state index contributed by atoms with van der Waals surface area (Å²) in [6, 6.07) is 2.85. The van der Waals surface area contributed by atoms with Gasteiger partial charge in [-0.3, -0.25) is 0 Å². The van der Waals surface area contributed by atoms with Gasteiger partial charge in [0.2, 0.25) is 0 Å². The maximum Gasteiger partial charge on any atom is 0.188 e. The number of aromatic nitrogens is 1. The highest BCUT2D eigenvalue weighted by molar-refractivity contribution is 5.95. The first kappa shape index (κ1) is 7.33. The largest absolute Gasteiger partial charge is 0.506 e. The molecule has 0 saturated heterocycles. The van der Waals surface area contributed by atoms with E-state index in [1.807, 2.05) is 0 Å². The lowest BCUT2D eigenvalue weighted by molar-refractivity contribution is 0.318. The van der Waals surface area contributed by atoms with E-state index in [0.29, 0.717) is 5.69 Å². The lowest BCUT2D eigenvalue weighted by Crippen LogP contribution is -2.14. The molecule has 5 heteroatoms. The van der Waals surface area contributed by atoms with E-state index in [1.54, 1.807) is 0 Å². The topological polar surface area (TPSA) is 91.7 Å². The second kappa shape index (κ2) is 2.87. The molecule has 1 aromatic rings. The lowest BCUT2D eigenvalue weighted by Gasteiger charge is -1.95. The molecular formula is C6H7N3O2. The Labute approximate surface area is 62.8 Å². The minimum absolute atomic E-state index is 0.0412. The van der Waals surface area contributed by atoms with Crippen molar-refractivity contribution in [3.63, 3.8) is 0 Å². The summed E-state index contributed by atoms with van der Waals surface area (Å²) in [6.45, 7) is 0. The third-order valence-electron chi connectivity index (χ3n) is 1.12. The van der Waals surface area contributed by atoms with Crippen LogP contribution in [0, 0.1) is 0 Å². The third-order valence-corrected chi connectivity index (χ3v) is 1.12. The van der Waals surface area contributed by atoms with Gasteiger partial charge >= 0.3 is 0 Å². The van der Waals surface area contributed by atoms with E-state index in [2.05, 4.69) is 10.1 Å². The fourth-order valence-electron chi connectivity index (χ4n) is 0.589. The Morgan fingerprint density at radius 3 is 2.73 bits per heavy atom. The molecule has 0 radical (unpaired) electrons. The van der Waals surface area contributed by atoms with Crippen LogP contribution in [-0.2, 0) is 0 Å². The monoisotopic (exact) mass is 153 g/mol. The van der Waals surface area contributed by atoms with Crippen LogP contribution < -0.4 is 5.73 Å². The molecule has 1 rings (SSSR count). The van der Waals surface area contributed by atoms with Crippen molar-refractivity contribution in [3.05, 3.63) is 24.0 Å². The van der Waals surface area contributed by atoms with Crippen LogP contribution in [0.25, 0.3) is 0 Å². The molecule has 0 aliphatic carbocycles. The Morgan fingerprint density at radius 2 is 2.27 bits per heavy atom. The third kappa shape index (κ3) is 1.57. The summed E-state index contributed by atoms with van der Waals surface area (Å²) in [6.07, 6.45) is 1.22. The molecule has 0 unspecified atom stereocenters. The van der Waals surface area contributed by atoms with E-state index in [4.69, 9.17) is 16.0 Å². The molecule has 5 nitrogen and oxygen atoms in total. The summed E-state index contributed by atoms with van der Waals surface area (Å²) in [5.74, 6) is -0.0375. The molecule has 0 atom stereocenters. The van der Waals surface area contributed by atoms with Gasteiger partial charge < -0.3 is 16.0 Å². The molecule has 58 valence electrons. The standard InChI is InChI=1S/C6H7N3O2/c7-6(9-11)5-2-1-4(10)3-8-5/h1-3,10-11H,(H2,7,9). The first-order valence-electron chi connectivity index (χ1n) is 2.87. The van der Waals surface area contributed by atoms with Crippen molar-refractivity contribution in [2.75, 3.05) is 0 Å². The summed E-state index contributed by atoms with van der Waals surface area (Å²) < 4.78 is 0. The average molecular weight is 153 g/mol. The highest BCUT2D eigenvalue weighted by Crippen LogP contribution is 2.04. The Morgan fingerprint density at radius 1 is 1.55 bits per heavy atom. The van der Waals surface area contributed by atoms with E-state index < -0.39 is 0 Å². The van der Waals surface area contributed by atoms with Crippen LogP contribution >= 0.6 is 0 Å². The van der Waals surface area contributed by atoms with Crippen molar-refractivity contribution >= 4 is 5.84 Å². The molecular weight excluding hydrogens is 146 g/mol. The van der Waals surface area contributed by atoms with Gasteiger partial charge in [-0.25, -0.2) is 4.98 Å². The molecule has 0 saturated carbocycles. The second-order valence-corrected chi connectivity index (χ2v) is 1.89. The maximum absolute atomic E-state index is 8.81. The first-order chi connectivity index (χ1) is 5.24. The smallest absolute Gasteiger partial charge is 0.188 e. The average Bonchev–Trinajstić information content (AvgIpc) is 2.05. The zero-order valence-corrected chi connectivity index (χ0v) is 5.60. The number of nitrogens with two attached hydrogens (primary N) is 1. The van der Waals surface area contributed by atoms with Gasteiger partial charge in [0.25, 0.3) is 0 Å². The molecule has 0 aliphatic heterocycles. The Kier molecular flexibility index (Phi) is 1.91. The normalized spacial score (nSPS) is 11.5. The lowest BCUT2D eigenvalue weighted by atomic mass is 10.3. The van der Waals surface area contributed by atoms with Crippen molar-refractivity contribution < 1.29 is 10.3 Å². The van der Waals surface area contributed by atoms with Crippen LogP contribution in [0.2, 0.25) is 0 Å². The predicted octanol–water partition coefficient (Wildman–Crippen LogP) is -0.118. The van der Waals surface area contributed by atoms with Crippen LogP contribution in [0.15, 0.2) is 23.5 Å². The van der Waals surface area contributed by atoms with E-state index in [-0.39, 0.29) is 11.6 Å². The molecule has 1 aromatic heterocycles. The fourth-order valence-corrected chi connectivity index (χ4v) is 0.589. The molecule has 0 fully saturated rings. The van der Waals surface area contributed by atoms with Gasteiger partial charge in [0.15, 0.2) is 5.84 Å². The Hall–Kier alpha value is -1.78. The molecule has 0 spiro atoms. The van der Waals surface area contributed by atoms with Gasteiger partial charge in [0, 0.05) is 0 Å². The summed E-state index contributed by atoms with van der Waals surface area (Å²) >= 11 is 0. The Balaban J connectivity index is 2.99. The van der Waals surface area contributed by atoms with E-state index in [0.717, 1.165) is 0 Å². The summed E-state index contributed by atoms with van der Waals surface area (Å²) in [5.41, 5.74) is 5.52. The summed E-state index contributed by atoms with van der Waals surface area (Å²) in [7, 11) is 0. The number of pyridine rings is 1. The van der Waals surface area contributed by atoms with Gasteiger partial charge in [-0.2, -0.15) is 0 Å². The van der Waals surface area contributed by atoms with Crippen molar-refractivity contribution in [3.8, 4) is 5.75 Å².